The second-order valence-electron chi connectivity index (χ2n) is 11.7. The molecule has 0 unspecified atom stereocenters. The molecule has 2 nitrogen and oxygen atoms in total. The summed E-state index contributed by atoms with van der Waals surface area (Å²) in [5.74, 6) is 2.07. The molecule has 230 valence electrons. The van der Waals surface area contributed by atoms with Crippen molar-refractivity contribution < 1.29 is 9.47 Å². The van der Waals surface area contributed by atoms with Crippen LogP contribution in [0.5, 0.6) is 11.5 Å². The summed E-state index contributed by atoms with van der Waals surface area (Å²) >= 11 is 3.55. The lowest BCUT2D eigenvalue weighted by molar-refractivity contribution is 0.303. The zero-order valence-corrected chi connectivity index (χ0v) is 28.0. The normalized spacial score (nSPS) is 11.3. The average molecular weight is 591 g/mol. The second kappa shape index (κ2) is 25.7. The molecule has 0 aliphatic carbocycles. The zero-order chi connectivity index (χ0) is 28.4. The van der Waals surface area contributed by atoms with Gasteiger partial charge in [0.25, 0.3) is 0 Å². The number of hydrogen-bond acceptors (Lipinski definition) is 4. The lowest BCUT2D eigenvalue weighted by atomic mass is 10.1. The Hall–Kier alpha value is -1.00. The van der Waals surface area contributed by atoms with Gasteiger partial charge in [0.1, 0.15) is 11.5 Å². The quantitative estimate of drug-likeness (QED) is 0.0877. The number of unbranched alkanes of at least 4 members (excludes halogenated alkanes) is 22. The predicted octanol–water partition coefficient (Wildman–Crippen LogP) is 13.6. The minimum atomic E-state index is 0.821. The monoisotopic (exact) mass is 590 g/mol. The fourth-order valence-corrected chi connectivity index (χ4v) is 7.25. The molecule has 0 amide bonds. The van der Waals surface area contributed by atoms with Gasteiger partial charge in [-0.25, -0.2) is 0 Å². The Morgan fingerprint density at radius 1 is 0.400 bits per heavy atom. The van der Waals surface area contributed by atoms with Crippen molar-refractivity contribution in [3.05, 3.63) is 22.9 Å². The van der Waals surface area contributed by atoms with Gasteiger partial charge in [0, 0.05) is 0 Å². The zero-order valence-electron chi connectivity index (χ0n) is 26.3. The van der Waals surface area contributed by atoms with Crippen molar-refractivity contribution in [3.63, 3.8) is 0 Å². The van der Waals surface area contributed by atoms with Gasteiger partial charge in [0.2, 0.25) is 0 Å². The summed E-state index contributed by atoms with van der Waals surface area (Å²) in [7, 11) is 0. The minimum Gasteiger partial charge on any atom is -0.492 e. The van der Waals surface area contributed by atoms with Crippen molar-refractivity contribution in [2.24, 2.45) is 0 Å². The van der Waals surface area contributed by atoms with Crippen LogP contribution in [0.1, 0.15) is 168 Å². The van der Waals surface area contributed by atoms with E-state index in [1.54, 1.807) is 22.7 Å². The van der Waals surface area contributed by atoms with E-state index < -0.39 is 0 Å². The van der Waals surface area contributed by atoms with Crippen LogP contribution in [0.4, 0.5) is 0 Å². The fourth-order valence-electron chi connectivity index (χ4n) is 5.40. The van der Waals surface area contributed by atoms with Crippen LogP contribution in [0.3, 0.4) is 0 Å². The van der Waals surface area contributed by atoms with E-state index in [9.17, 15) is 0 Å². The Morgan fingerprint density at radius 2 is 0.675 bits per heavy atom. The van der Waals surface area contributed by atoms with Crippen LogP contribution in [0.15, 0.2) is 22.9 Å². The van der Waals surface area contributed by atoms with Crippen LogP contribution in [-0.4, -0.2) is 13.2 Å². The molecule has 0 aliphatic rings. The van der Waals surface area contributed by atoms with Crippen LogP contribution in [0.25, 0.3) is 9.75 Å². The number of hydrogen-bond donors (Lipinski definition) is 0. The van der Waals surface area contributed by atoms with Gasteiger partial charge in [-0.15, -0.1) is 22.7 Å². The van der Waals surface area contributed by atoms with Crippen molar-refractivity contribution in [2.75, 3.05) is 13.2 Å². The van der Waals surface area contributed by atoms with E-state index in [0.29, 0.717) is 0 Å². The molecule has 0 aliphatic heterocycles. The molecule has 40 heavy (non-hydrogen) atoms. The van der Waals surface area contributed by atoms with Gasteiger partial charge in [-0.05, 0) is 35.7 Å². The molecule has 0 saturated carbocycles. The summed E-state index contributed by atoms with van der Waals surface area (Å²) in [6, 6.07) is 4.27. The van der Waals surface area contributed by atoms with E-state index in [1.807, 2.05) is 0 Å². The van der Waals surface area contributed by atoms with Gasteiger partial charge < -0.3 is 9.47 Å². The highest BCUT2D eigenvalue weighted by atomic mass is 32.1. The molecule has 0 fully saturated rings. The van der Waals surface area contributed by atoms with Crippen molar-refractivity contribution in [2.45, 2.75) is 168 Å². The Kier molecular flexibility index (Phi) is 22.6. The van der Waals surface area contributed by atoms with Crippen LogP contribution < -0.4 is 9.47 Å². The summed E-state index contributed by atoms with van der Waals surface area (Å²) < 4.78 is 12.5. The topological polar surface area (TPSA) is 18.5 Å². The predicted molar refractivity (Wildman–Crippen MR) is 181 cm³/mol. The third kappa shape index (κ3) is 17.1. The number of rotatable bonds is 29. The standard InChI is InChI=1S/C36H62O2S2/c1-3-5-7-9-11-13-15-17-19-21-23-25-29-37-33-27-31-39-35(33)36-34(28-32-40-36)38-30-26-24-22-20-18-16-14-12-10-8-6-4-2/h27-28,31-32H,3-26,29-30H2,1-2H3. The summed E-state index contributed by atoms with van der Waals surface area (Å²) in [6.45, 7) is 6.23. The molecule has 0 spiro atoms. The largest absolute Gasteiger partial charge is 0.492 e. The van der Waals surface area contributed by atoms with E-state index >= 15 is 0 Å². The molecule has 2 rings (SSSR count). The number of thiophene rings is 2. The fraction of sp³-hybridized carbons (Fsp3) is 0.778. The molecule has 4 heteroatoms. The highest BCUT2D eigenvalue weighted by Gasteiger charge is 2.15. The summed E-state index contributed by atoms with van der Waals surface area (Å²) in [6.07, 6.45) is 33.0. The Labute approximate surface area is 256 Å². The molecule has 0 bridgehead atoms. The van der Waals surface area contributed by atoms with E-state index in [2.05, 4.69) is 36.7 Å². The first-order valence-electron chi connectivity index (χ1n) is 17.3. The van der Waals surface area contributed by atoms with Gasteiger partial charge in [0.15, 0.2) is 0 Å². The maximum atomic E-state index is 6.23. The van der Waals surface area contributed by atoms with Crippen molar-refractivity contribution in [1.82, 2.24) is 0 Å². The molecular formula is C36H62O2S2. The Morgan fingerprint density at radius 3 is 0.975 bits per heavy atom. The first-order valence-corrected chi connectivity index (χ1v) is 19.0. The molecule has 2 aromatic rings. The highest BCUT2D eigenvalue weighted by molar-refractivity contribution is 7.21. The summed E-state index contributed by atoms with van der Waals surface area (Å²) in [5, 5.41) is 4.31. The lowest BCUT2D eigenvalue weighted by Gasteiger charge is -2.09. The summed E-state index contributed by atoms with van der Waals surface area (Å²) in [5.41, 5.74) is 0. The Balaban J connectivity index is 1.50. The van der Waals surface area contributed by atoms with Crippen molar-refractivity contribution >= 4 is 22.7 Å². The SMILES string of the molecule is CCCCCCCCCCCCCCOc1ccsc1-c1sccc1OCCCCCCCCCCCCCC. The van der Waals surface area contributed by atoms with Crippen molar-refractivity contribution in [3.8, 4) is 21.3 Å². The van der Waals surface area contributed by atoms with E-state index in [-0.39, 0.29) is 0 Å². The third-order valence-corrected chi connectivity index (χ3v) is 9.93. The molecule has 2 heterocycles. The van der Waals surface area contributed by atoms with Gasteiger partial charge in [-0.1, -0.05) is 155 Å². The lowest BCUT2D eigenvalue weighted by Crippen LogP contribution is -1.99. The van der Waals surface area contributed by atoms with Gasteiger partial charge >= 0.3 is 0 Å². The van der Waals surface area contributed by atoms with Gasteiger partial charge in [0.05, 0.1) is 23.0 Å². The second-order valence-corrected chi connectivity index (χ2v) is 13.5. The minimum absolute atomic E-state index is 0.821. The third-order valence-electron chi connectivity index (χ3n) is 7.98. The van der Waals surface area contributed by atoms with Crippen LogP contribution in [-0.2, 0) is 0 Å². The summed E-state index contributed by atoms with van der Waals surface area (Å²) in [4.78, 5) is 2.47. The van der Waals surface area contributed by atoms with Crippen LogP contribution in [0.2, 0.25) is 0 Å². The smallest absolute Gasteiger partial charge is 0.138 e. The first kappa shape index (κ1) is 35.2. The van der Waals surface area contributed by atoms with Crippen LogP contribution in [0, 0.1) is 0 Å². The first-order chi connectivity index (χ1) is 19.9. The van der Waals surface area contributed by atoms with E-state index in [4.69, 9.17) is 9.47 Å². The highest BCUT2D eigenvalue weighted by Crippen LogP contribution is 2.44. The molecule has 0 atom stereocenters. The maximum Gasteiger partial charge on any atom is 0.138 e. The molecular weight excluding hydrogens is 529 g/mol. The van der Waals surface area contributed by atoms with Crippen molar-refractivity contribution in [1.29, 1.82) is 0 Å². The van der Waals surface area contributed by atoms with E-state index in [0.717, 1.165) is 37.6 Å². The Bertz CT molecular complexity index is 730. The molecule has 0 N–H and O–H groups in total. The number of ether oxygens (including phenoxy) is 2. The van der Waals surface area contributed by atoms with Crippen LogP contribution >= 0.6 is 22.7 Å². The van der Waals surface area contributed by atoms with Gasteiger partial charge in [-0.3, -0.25) is 0 Å². The molecule has 2 aromatic heterocycles. The maximum absolute atomic E-state index is 6.23. The average Bonchev–Trinajstić information content (AvgIpc) is 3.63. The van der Waals surface area contributed by atoms with Gasteiger partial charge in [-0.2, -0.15) is 0 Å². The molecule has 0 aromatic carbocycles. The molecule has 0 radical (unpaired) electrons. The van der Waals surface area contributed by atoms with E-state index in [1.165, 1.54) is 151 Å². The molecule has 0 saturated heterocycles.